The maximum Gasteiger partial charge on any atom is 0.407 e. The number of benzene rings is 1. The van der Waals surface area contributed by atoms with Gasteiger partial charge in [-0.2, -0.15) is 5.10 Å². The normalized spacial score (nSPS) is 10.9. The van der Waals surface area contributed by atoms with Crippen molar-refractivity contribution >= 4 is 17.0 Å². The molecular formula is C17H21N3O2. The predicted octanol–water partition coefficient (Wildman–Crippen LogP) is 2.84. The number of aromatic nitrogens is 2. The largest absolute Gasteiger partial charge is 0.444 e. The number of alkyl carbamates (subject to hydrolysis) is 1. The van der Waals surface area contributed by atoms with Gasteiger partial charge in [0.1, 0.15) is 5.60 Å². The Morgan fingerprint density at radius 1 is 1.41 bits per heavy atom. The summed E-state index contributed by atoms with van der Waals surface area (Å²) in [6.07, 6.45) is 1.99. The molecule has 116 valence electrons. The predicted molar refractivity (Wildman–Crippen MR) is 86.4 cm³/mol. The first-order valence-electron chi connectivity index (χ1n) is 7.23. The second-order valence-corrected chi connectivity index (χ2v) is 6.02. The molecule has 0 radical (unpaired) electrons. The van der Waals surface area contributed by atoms with E-state index in [0.29, 0.717) is 13.0 Å². The van der Waals surface area contributed by atoms with Crippen molar-refractivity contribution in [1.82, 2.24) is 15.1 Å². The molecule has 0 fully saturated rings. The van der Waals surface area contributed by atoms with Crippen LogP contribution in [-0.2, 0) is 11.8 Å². The summed E-state index contributed by atoms with van der Waals surface area (Å²) < 4.78 is 6.97. The van der Waals surface area contributed by atoms with Gasteiger partial charge in [-0.1, -0.05) is 11.8 Å². The van der Waals surface area contributed by atoms with E-state index in [0.717, 1.165) is 16.5 Å². The molecule has 0 aliphatic rings. The molecule has 22 heavy (non-hydrogen) atoms. The molecule has 0 unspecified atom stereocenters. The van der Waals surface area contributed by atoms with Crippen molar-refractivity contribution in [2.45, 2.75) is 32.8 Å². The van der Waals surface area contributed by atoms with Crippen molar-refractivity contribution in [2.24, 2.45) is 7.05 Å². The van der Waals surface area contributed by atoms with Gasteiger partial charge >= 0.3 is 6.09 Å². The van der Waals surface area contributed by atoms with Crippen LogP contribution in [0.25, 0.3) is 10.9 Å². The van der Waals surface area contributed by atoms with Crippen LogP contribution < -0.4 is 5.32 Å². The summed E-state index contributed by atoms with van der Waals surface area (Å²) in [6.45, 7) is 5.97. The standard InChI is InChI=1S/C17H21N3O2/c1-17(2,3)22-16(21)18-10-6-5-7-13-8-9-14-12-19-20(4)15(14)11-13/h8-9,11-12H,6,10H2,1-4H3,(H,18,21). The van der Waals surface area contributed by atoms with Crippen molar-refractivity contribution in [2.75, 3.05) is 6.54 Å². The number of nitrogens with zero attached hydrogens (tertiary/aromatic N) is 2. The first-order chi connectivity index (χ1) is 10.3. The average Bonchev–Trinajstić information content (AvgIpc) is 2.78. The minimum atomic E-state index is -0.478. The SMILES string of the molecule is Cn1ncc2ccc(C#CCCNC(=O)OC(C)(C)C)cc21. The zero-order chi connectivity index (χ0) is 16.2. The van der Waals surface area contributed by atoms with Crippen molar-refractivity contribution in [3.63, 3.8) is 0 Å². The summed E-state index contributed by atoms with van der Waals surface area (Å²) in [4.78, 5) is 11.5. The number of rotatable bonds is 2. The third kappa shape index (κ3) is 4.52. The number of amides is 1. The molecule has 0 spiro atoms. The average molecular weight is 299 g/mol. The second kappa shape index (κ2) is 6.52. The number of carbonyl (C=O) groups excluding carboxylic acids is 1. The van der Waals surface area contributed by atoms with Crippen molar-refractivity contribution < 1.29 is 9.53 Å². The molecule has 1 aromatic heterocycles. The lowest BCUT2D eigenvalue weighted by Gasteiger charge is -2.19. The smallest absolute Gasteiger partial charge is 0.407 e. The summed E-state index contributed by atoms with van der Waals surface area (Å²) in [5, 5.41) is 7.98. The second-order valence-electron chi connectivity index (χ2n) is 6.02. The molecule has 1 aromatic carbocycles. The lowest BCUT2D eigenvalue weighted by molar-refractivity contribution is 0.0529. The Hall–Kier alpha value is -2.48. The summed E-state index contributed by atoms with van der Waals surface area (Å²) in [7, 11) is 1.91. The number of hydrogen-bond donors (Lipinski definition) is 1. The first kappa shape index (κ1) is 15.9. The Kier molecular flexibility index (Phi) is 4.71. The van der Waals surface area contributed by atoms with E-state index in [1.54, 1.807) is 0 Å². The molecule has 2 aromatic rings. The van der Waals surface area contributed by atoms with E-state index in [4.69, 9.17) is 4.74 Å². The molecule has 1 heterocycles. The lowest BCUT2D eigenvalue weighted by Crippen LogP contribution is -2.32. The first-order valence-corrected chi connectivity index (χ1v) is 7.23. The zero-order valence-electron chi connectivity index (χ0n) is 13.4. The Morgan fingerprint density at radius 3 is 2.91 bits per heavy atom. The Labute approximate surface area is 130 Å². The third-order valence-corrected chi connectivity index (χ3v) is 2.90. The van der Waals surface area contributed by atoms with Crippen molar-refractivity contribution in [3.8, 4) is 11.8 Å². The monoisotopic (exact) mass is 299 g/mol. The van der Waals surface area contributed by atoms with Gasteiger partial charge in [0.2, 0.25) is 0 Å². The van der Waals surface area contributed by atoms with Gasteiger partial charge in [0.15, 0.2) is 0 Å². The highest BCUT2D eigenvalue weighted by Gasteiger charge is 2.15. The Bertz CT molecular complexity index is 730. The van der Waals surface area contributed by atoms with E-state index in [2.05, 4.69) is 22.3 Å². The van der Waals surface area contributed by atoms with Crippen molar-refractivity contribution in [1.29, 1.82) is 0 Å². The molecule has 5 heteroatoms. The van der Waals surface area contributed by atoms with Crippen molar-refractivity contribution in [3.05, 3.63) is 30.0 Å². The zero-order valence-corrected chi connectivity index (χ0v) is 13.4. The molecule has 5 nitrogen and oxygen atoms in total. The van der Waals surface area contributed by atoms with E-state index in [1.807, 2.05) is 56.9 Å². The van der Waals surface area contributed by atoms with Crippen LogP contribution in [0.3, 0.4) is 0 Å². The quantitative estimate of drug-likeness (QED) is 0.685. The van der Waals surface area contributed by atoms with Gasteiger partial charge in [0, 0.05) is 31.0 Å². The molecule has 1 N–H and O–H groups in total. The summed E-state index contributed by atoms with van der Waals surface area (Å²) in [6, 6.07) is 5.99. The minimum Gasteiger partial charge on any atom is -0.444 e. The van der Waals surface area contributed by atoms with Crippen LogP contribution >= 0.6 is 0 Å². The maximum atomic E-state index is 11.5. The van der Waals surface area contributed by atoms with E-state index < -0.39 is 11.7 Å². The summed E-state index contributed by atoms with van der Waals surface area (Å²) >= 11 is 0. The fourth-order valence-corrected chi connectivity index (χ4v) is 1.93. The number of aryl methyl sites for hydroxylation is 1. The van der Waals surface area contributed by atoms with Crippen LogP contribution in [0.1, 0.15) is 32.8 Å². The van der Waals surface area contributed by atoms with Crippen LogP contribution in [0.2, 0.25) is 0 Å². The number of ether oxygens (including phenoxy) is 1. The molecule has 0 atom stereocenters. The van der Waals surface area contributed by atoms with Crippen LogP contribution in [-0.4, -0.2) is 28.0 Å². The highest BCUT2D eigenvalue weighted by molar-refractivity contribution is 5.80. The minimum absolute atomic E-state index is 0.411. The van der Waals surface area contributed by atoms with Gasteiger partial charge in [0.25, 0.3) is 0 Å². The number of fused-ring (bicyclic) bond motifs is 1. The molecule has 0 saturated carbocycles. The Balaban J connectivity index is 1.85. The maximum absolute atomic E-state index is 11.5. The fourth-order valence-electron chi connectivity index (χ4n) is 1.93. The van der Waals surface area contributed by atoms with Gasteiger partial charge in [-0.05, 0) is 39.0 Å². The molecule has 1 amide bonds. The van der Waals surface area contributed by atoms with Crippen LogP contribution in [0.15, 0.2) is 24.4 Å². The van der Waals surface area contributed by atoms with E-state index in [1.165, 1.54) is 0 Å². The molecule has 0 aliphatic carbocycles. The van der Waals surface area contributed by atoms with Gasteiger partial charge in [-0.3, -0.25) is 4.68 Å². The fraction of sp³-hybridized carbons (Fsp3) is 0.412. The third-order valence-electron chi connectivity index (χ3n) is 2.90. The summed E-state index contributed by atoms with van der Waals surface area (Å²) in [5.74, 6) is 6.14. The molecule has 0 bridgehead atoms. The van der Waals surface area contributed by atoms with Gasteiger partial charge in [0.05, 0.1) is 11.7 Å². The molecule has 0 saturated heterocycles. The topological polar surface area (TPSA) is 56.2 Å². The van der Waals surface area contributed by atoms with E-state index >= 15 is 0 Å². The number of nitrogens with one attached hydrogen (secondary N) is 1. The molecule has 2 rings (SSSR count). The number of carbonyl (C=O) groups is 1. The van der Waals surface area contributed by atoms with Gasteiger partial charge in [-0.15, -0.1) is 0 Å². The van der Waals surface area contributed by atoms with Crippen LogP contribution in [0, 0.1) is 11.8 Å². The van der Waals surface area contributed by atoms with Gasteiger partial charge < -0.3 is 10.1 Å². The highest BCUT2D eigenvalue weighted by Crippen LogP contribution is 2.14. The van der Waals surface area contributed by atoms with E-state index in [9.17, 15) is 4.79 Å². The van der Waals surface area contributed by atoms with Crippen LogP contribution in [0.5, 0.6) is 0 Å². The van der Waals surface area contributed by atoms with Crippen LogP contribution in [0.4, 0.5) is 4.79 Å². The lowest BCUT2D eigenvalue weighted by atomic mass is 10.1. The number of hydrogen-bond acceptors (Lipinski definition) is 3. The molecule has 0 aliphatic heterocycles. The highest BCUT2D eigenvalue weighted by atomic mass is 16.6. The van der Waals surface area contributed by atoms with E-state index in [-0.39, 0.29) is 0 Å². The summed E-state index contributed by atoms with van der Waals surface area (Å²) in [5.41, 5.74) is 1.51. The molecular weight excluding hydrogens is 278 g/mol. The Morgan fingerprint density at radius 2 is 2.18 bits per heavy atom. The van der Waals surface area contributed by atoms with Gasteiger partial charge in [-0.25, -0.2) is 4.79 Å².